The van der Waals surface area contributed by atoms with Crippen molar-refractivity contribution in [1.29, 1.82) is 0 Å². The number of ether oxygens (including phenoxy) is 2. The fraction of sp³-hybridized carbons (Fsp3) is 0.250. The highest BCUT2D eigenvalue weighted by Gasteiger charge is 2.36. The van der Waals surface area contributed by atoms with Crippen LogP contribution in [0.4, 0.5) is 4.79 Å². The molecule has 0 unspecified atom stereocenters. The Balaban J connectivity index is 2.21. The number of hydrogen-bond acceptors (Lipinski definition) is 7. The Kier molecular flexibility index (Phi) is 7.11. The summed E-state index contributed by atoms with van der Waals surface area (Å²) in [4.78, 5) is 47.2. The van der Waals surface area contributed by atoms with Crippen LogP contribution in [0.15, 0.2) is 17.0 Å². The molecule has 0 saturated carbocycles. The van der Waals surface area contributed by atoms with Crippen LogP contribution in [-0.2, 0) is 19.1 Å². The number of aliphatic carboxylic acids is 1. The Hall–Kier alpha value is -2.23. The molecular weight excluding hydrogens is 421 g/mol. The van der Waals surface area contributed by atoms with E-state index in [4.69, 9.17) is 37.8 Å². The van der Waals surface area contributed by atoms with Gasteiger partial charge < -0.3 is 14.6 Å². The van der Waals surface area contributed by atoms with Crippen molar-refractivity contribution in [2.45, 2.75) is 6.92 Å². The second kappa shape index (κ2) is 9.12. The molecule has 1 saturated heterocycles. The van der Waals surface area contributed by atoms with Gasteiger partial charge in [-0.05, 0) is 42.5 Å². The SMILES string of the molecule is CCOC(=O)CN1C(=O)S/C(=C/c2cc(Cl)c(OCC(=O)O)c(Cl)c2)C1=O. The van der Waals surface area contributed by atoms with Crippen LogP contribution in [0.1, 0.15) is 12.5 Å². The molecule has 27 heavy (non-hydrogen) atoms. The number of carbonyl (C=O) groups is 4. The first-order valence-corrected chi connectivity index (χ1v) is 9.04. The Labute approximate surface area is 168 Å². The third-order valence-electron chi connectivity index (χ3n) is 3.12. The van der Waals surface area contributed by atoms with E-state index in [1.165, 1.54) is 18.2 Å². The number of nitrogens with zero attached hydrogens (tertiary/aromatic N) is 1. The Morgan fingerprint density at radius 3 is 2.44 bits per heavy atom. The van der Waals surface area contributed by atoms with Gasteiger partial charge in [0.05, 0.1) is 21.6 Å². The lowest BCUT2D eigenvalue weighted by Crippen LogP contribution is -2.34. The second-order valence-corrected chi connectivity index (χ2v) is 6.88. The molecule has 1 aliphatic heterocycles. The van der Waals surface area contributed by atoms with Crippen LogP contribution in [0, 0.1) is 0 Å². The van der Waals surface area contributed by atoms with Gasteiger partial charge in [0.1, 0.15) is 6.54 Å². The average molecular weight is 434 g/mol. The fourth-order valence-electron chi connectivity index (χ4n) is 2.06. The van der Waals surface area contributed by atoms with Crippen LogP contribution in [0.25, 0.3) is 6.08 Å². The second-order valence-electron chi connectivity index (χ2n) is 5.07. The first kappa shape index (κ1) is 21.1. The van der Waals surface area contributed by atoms with Crippen molar-refractivity contribution in [2.75, 3.05) is 19.8 Å². The lowest BCUT2D eigenvalue weighted by Gasteiger charge is -2.11. The summed E-state index contributed by atoms with van der Waals surface area (Å²) in [6, 6.07) is 2.81. The molecule has 2 amide bonds. The molecule has 144 valence electrons. The molecule has 0 atom stereocenters. The number of hydrogen-bond donors (Lipinski definition) is 1. The molecule has 1 aliphatic rings. The van der Waals surface area contributed by atoms with E-state index in [1.54, 1.807) is 6.92 Å². The molecule has 0 aromatic heterocycles. The van der Waals surface area contributed by atoms with E-state index in [0.717, 1.165) is 4.90 Å². The van der Waals surface area contributed by atoms with Gasteiger partial charge in [0.2, 0.25) is 0 Å². The Bertz CT molecular complexity index is 817. The number of halogens is 2. The molecule has 1 aromatic rings. The molecule has 1 N–H and O–H groups in total. The van der Waals surface area contributed by atoms with Crippen molar-refractivity contribution < 1.29 is 33.8 Å². The molecular formula is C16H13Cl2NO7S. The average Bonchev–Trinajstić information content (AvgIpc) is 2.81. The van der Waals surface area contributed by atoms with Crippen molar-refractivity contribution in [2.24, 2.45) is 0 Å². The number of carboxylic acid groups (broad SMARTS) is 1. The van der Waals surface area contributed by atoms with Crippen molar-refractivity contribution in [3.8, 4) is 5.75 Å². The first-order valence-electron chi connectivity index (χ1n) is 7.47. The largest absolute Gasteiger partial charge is 0.479 e. The van der Waals surface area contributed by atoms with Crippen LogP contribution in [0.3, 0.4) is 0 Å². The number of thioether (sulfide) groups is 1. The Morgan fingerprint density at radius 1 is 1.26 bits per heavy atom. The summed E-state index contributed by atoms with van der Waals surface area (Å²) < 4.78 is 9.74. The van der Waals surface area contributed by atoms with Gasteiger partial charge in [-0.25, -0.2) is 4.79 Å². The van der Waals surface area contributed by atoms with Crippen LogP contribution in [0.2, 0.25) is 10.0 Å². The number of benzene rings is 1. The third-order valence-corrected chi connectivity index (χ3v) is 4.59. The van der Waals surface area contributed by atoms with Gasteiger partial charge in [-0.15, -0.1) is 0 Å². The van der Waals surface area contributed by atoms with Crippen LogP contribution >= 0.6 is 35.0 Å². The summed E-state index contributed by atoms with van der Waals surface area (Å²) in [6.45, 7) is 0.659. The van der Waals surface area contributed by atoms with Gasteiger partial charge in [0.25, 0.3) is 11.1 Å². The topological polar surface area (TPSA) is 110 Å². The minimum absolute atomic E-state index is 0.00620. The summed E-state index contributed by atoms with van der Waals surface area (Å²) in [5.74, 6) is -2.53. The van der Waals surface area contributed by atoms with E-state index in [0.29, 0.717) is 17.3 Å². The molecule has 1 fully saturated rings. The minimum Gasteiger partial charge on any atom is -0.479 e. The monoisotopic (exact) mass is 433 g/mol. The number of rotatable bonds is 7. The minimum atomic E-state index is -1.19. The summed E-state index contributed by atoms with van der Waals surface area (Å²) in [6.07, 6.45) is 1.38. The predicted molar refractivity (Wildman–Crippen MR) is 98.9 cm³/mol. The lowest BCUT2D eigenvalue weighted by atomic mass is 10.2. The van der Waals surface area contributed by atoms with Gasteiger partial charge in [0.15, 0.2) is 12.4 Å². The predicted octanol–water partition coefficient (Wildman–Crippen LogP) is 3.06. The molecule has 11 heteroatoms. The van der Waals surface area contributed by atoms with Gasteiger partial charge in [-0.2, -0.15) is 0 Å². The summed E-state index contributed by atoms with van der Waals surface area (Å²) in [5, 5.41) is 8.13. The van der Waals surface area contributed by atoms with Crippen molar-refractivity contribution in [1.82, 2.24) is 4.90 Å². The Morgan fingerprint density at radius 2 is 1.89 bits per heavy atom. The van der Waals surface area contributed by atoms with Gasteiger partial charge in [0, 0.05) is 0 Å². The number of imide groups is 1. The molecule has 0 spiro atoms. The van der Waals surface area contributed by atoms with E-state index in [-0.39, 0.29) is 27.3 Å². The lowest BCUT2D eigenvalue weighted by molar-refractivity contribution is -0.146. The molecule has 0 bridgehead atoms. The zero-order valence-corrected chi connectivity index (χ0v) is 16.2. The first-order chi connectivity index (χ1) is 12.7. The third kappa shape index (κ3) is 5.38. The zero-order chi connectivity index (χ0) is 20.1. The summed E-state index contributed by atoms with van der Waals surface area (Å²) in [5.41, 5.74) is 0.398. The highest BCUT2D eigenvalue weighted by Crippen LogP contribution is 2.37. The van der Waals surface area contributed by atoms with Crippen LogP contribution in [-0.4, -0.2) is 52.8 Å². The summed E-state index contributed by atoms with van der Waals surface area (Å²) >= 11 is 12.7. The van der Waals surface area contributed by atoms with E-state index in [2.05, 4.69) is 0 Å². The van der Waals surface area contributed by atoms with Crippen molar-refractivity contribution in [3.63, 3.8) is 0 Å². The molecule has 1 heterocycles. The van der Waals surface area contributed by atoms with Crippen molar-refractivity contribution in [3.05, 3.63) is 32.6 Å². The van der Waals surface area contributed by atoms with Crippen LogP contribution < -0.4 is 4.74 Å². The van der Waals surface area contributed by atoms with E-state index >= 15 is 0 Å². The molecule has 2 rings (SSSR count). The smallest absolute Gasteiger partial charge is 0.341 e. The molecule has 0 radical (unpaired) electrons. The quantitative estimate of drug-likeness (QED) is 0.515. The summed E-state index contributed by atoms with van der Waals surface area (Å²) in [7, 11) is 0. The number of carboxylic acids is 1. The molecule has 0 aliphatic carbocycles. The highest BCUT2D eigenvalue weighted by atomic mass is 35.5. The molecule has 8 nitrogen and oxygen atoms in total. The van der Waals surface area contributed by atoms with E-state index in [9.17, 15) is 19.2 Å². The zero-order valence-electron chi connectivity index (χ0n) is 13.9. The van der Waals surface area contributed by atoms with Crippen molar-refractivity contribution >= 4 is 64.1 Å². The number of esters is 1. The van der Waals surface area contributed by atoms with Gasteiger partial charge >= 0.3 is 11.9 Å². The standard InChI is InChI=1S/C16H13Cl2NO7S/c1-2-25-13(22)6-19-15(23)11(27-16(19)24)5-8-3-9(17)14(10(18)4-8)26-7-12(20)21/h3-5H,2,6-7H2,1H3,(H,20,21)/b11-5+. The number of carbonyl (C=O) groups excluding carboxylic acids is 3. The maximum atomic E-state index is 12.3. The normalized spacial score (nSPS) is 15.4. The van der Waals surface area contributed by atoms with Crippen LogP contribution in [0.5, 0.6) is 5.75 Å². The van der Waals surface area contributed by atoms with E-state index < -0.39 is 36.2 Å². The van der Waals surface area contributed by atoms with E-state index in [1.807, 2.05) is 0 Å². The molecule has 1 aromatic carbocycles. The maximum Gasteiger partial charge on any atom is 0.341 e. The van der Waals surface area contributed by atoms with Gasteiger partial charge in [-0.1, -0.05) is 23.2 Å². The fourth-order valence-corrected chi connectivity index (χ4v) is 3.51. The number of amides is 2. The van der Waals surface area contributed by atoms with Gasteiger partial charge in [-0.3, -0.25) is 19.3 Å². The maximum absolute atomic E-state index is 12.3. The highest BCUT2D eigenvalue weighted by molar-refractivity contribution is 8.18.